The SMILES string of the molecule is O=C(Cc1ccccc1)Nc1cncc(-c2ccc3[nH]nc(-c4nc5nccc(-c6cccnc6)c5[nH]4)c3c2F)c1. The van der Waals surface area contributed by atoms with Gasteiger partial charge in [-0.15, -0.1) is 0 Å². The van der Waals surface area contributed by atoms with Crippen LogP contribution in [0.15, 0.2) is 97.7 Å². The Balaban J connectivity index is 1.24. The van der Waals surface area contributed by atoms with Crippen molar-refractivity contribution in [3.63, 3.8) is 0 Å². The van der Waals surface area contributed by atoms with Gasteiger partial charge in [0.1, 0.15) is 11.5 Å². The Morgan fingerprint density at radius 2 is 1.76 bits per heavy atom. The number of aromatic amines is 2. The first-order valence-electron chi connectivity index (χ1n) is 12.9. The predicted molar refractivity (Wildman–Crippen MR) is 154 cm³/mol. The van der Waals surface area contributed by atoms with E-state index in [0.717, 1.165) is 16.7 Å². The summed E-state index contributed by atoms with van der Waals surface area (Å²) in [6, 6.07) is 20.2. The van der Waals surface area contributed by atoms with Gasteiger partial charge >= 0.3 is 0 Å². The summed E-state index contributed by atoms with van der Waals surface area (Å²) in [4.78, 5) is 33.3. The van der Waals surface area contributed by atoms with Crippen LogP contribution in [0, 0.1) is 5.82 Å². The number of nitrogens with one attached hydrogen (secondary N) is 3. The lowest BCUT2D eigenvalue weighted by Gasteiger charge is -2.09. The zero-order chi connectivity index (χ0) is 27.8. The fraction of sp³-hybridized carbons (Fsp3) is 0.0323. The van der Waals surface area contributed by atoms with E-state index in [-0.39, 0.29) is 17.7 Å². The molecule has 0 aliphatic carbocycles. The van der Waals surface area contributed by atoms with Crippen LogP contribution in [0.1, 0.15) is 5.56 Å². The number of carbonyl (C=O) groups excluding carboxylic acids is 1. The lowest BCUT2D eigenvalue weighted by atomic mass is 10.0. The van der Waals surface area contributed by atoms with Crippen molar-refractivity contribution in [1.82, 2.24) is 35.1 Å². The summed E-state index contributed by atoms with van der Waals surface area (Å²) in [5.41, 5.74) is 6.00. The fourth-order valence-corrected chi connectivity index (χ4v) is 4.89. The predicted octanol–water partition coefficient (Wildman–Crippen LogP) is 5.95. The van der Waals surface area contributed by atoms with Gasteiger partial charge in [-0.1, -0.05) is 36.4 Å². The Hall–Kier alpha value is -5.77. The van der Waals surface area contributed by atoms with Crippen molar-refractivity contribution in [2.75, 3.05) is 5.32 Å². The van der Waals surface area contributed by atoms with Crippen LogP contribution in [0.2, 0.25) is 0 Å². The highest BCUT2D eigenvalue weighted by atomic mass is 19.1. The number of carbonyl (C=O) groups is 1. The highest BCUT2D eigenvalue weighted by Gasteiger charge is 2.21. The van der Waals surface area contributed by atoms with Crippen LogP contribution in [0.25, 0.3) is 55.8 Å². The van der Waals surface area contributed by atoms with Gasteiger partial charge in [-0.05, 0) is 35.9 Å². The van der Waals surface area contributed by atoms with Crippen LogP contribution in [-0.2, 0) is 11.2 Å². The van der Waals surface area contributed by atoms with Crippen LogP contribution in [0.3, 0.4) is 0 Å². The molecule has 5 aromatic heterocycles. The maximum atomic E-state index is 16.2. The number of hydrogen-bond donors (Lipinski definition) is 3. The molecule has 0 bridgehead atoms. The summed E-state index contributed by atoms with van der Waals surface area (Å²) in [5, 5.41) is 10.4. The van der Waals surface area contributed by atoms with Crippen molar-refractivity contribution < 1.29 is 9.18 Å². The molecule has 0 saturated carbocycles. The van der Waals surface area contributed by atoms with Crippen LogP contribution in [-0.4, -0.2) is 41.0 Å². The van der Waals surface area contributed by atoms with E-state index >= 15 is 4.39 Å². The molecule has 0 radical (unpaired) electrons. The molecule has 7 aromatic rings. The minimum absolute atomic E-state index is 0.188. The monoisotopic (exact) mass is 540 g/mol. The molecule has 2 aromatic carbocycles. The van der Waals surface area contributed by atoms with E-state index in [2.05, 4.69) is 40.4 Å². The van der Waals surface area contributed by atoms with Gasteiger partial charge in [-0.3, -0.25) is 19.9 Å². The maximum absolute atomic E-state index is 16.2. The first-order chi connectivity index (χ1) is 20.1. The Labute approximate surface area is 232 Å². The first-order valence-corrected chi connectivity index (χ1v) is 12.9. The molecule has 0 spiro atoms. The third-order valence-corrected chi connectivity index (χ3v) is 6.80. The van der Waals surface area contributed by atoms with Crippen LogP contribution in [0.5, 0.6) is 0 Å². The molecule has 9 nitrogen and oxygen atoms in total. The lowest BCUT2D eigenvalue weighted by Crippen LogP contribution is -2.14. The molecule has 0 aliphatic rings. The van der Waals surface area contributed by atoms with Gasteiger partial charge in [0.25, 0.3) is 0 Å². The number of H-pyrrole nitrogens is 2. The smallest absolute Gasteiger partial charge is 0.228 e. The van der Waals surface area contributed by atoms with Crippen molar-refractivity contribution >= 4 is 33.7 Å². The topological polar surface area (TPSA) is 125 Å². The number of halogens is 1. The second-order valence-electron chi connectivity index (χ2n) is 9.48. The summed E-state index contributed by atoms with van der Waals surface area (Å²) in [6.45, 7) is 0. The second-order valence-corrected chi connectivity index (χ2v) is 9.48. The van der Waals surface area contributed by atoms with E-state index in [9.17, 15) is 4.79 Å². The number of hydrogen-bond acceptors (Lipinski definition) is 6. The Kier molecular flexibility index (Phi) is 5.97. The number of aromatic nitrogens is 7. The van der Waals surface area contributed by atoms with Gasteiger partial charge in [0.15, 0.2) is 11.5 Å². The lowest BCUT2D eigenvalue weighted by molar-refractivity contribution is -0.115. The van der Waals surface area contributed by atoms with Crippen molar-refractivity contribution in [2.24, 2.45) is 0 Å². The number of fused-ring (bicyclic) bond motifs is 2. The Morgan fingerprint density at radius 1 is 0.878 bits per heavy atom. The summed E-state index contributed by atoms with van der Waals surface area (Å²) < 4.78 is 16.2. The number of rotatable bonds is 6. The van der Waals surface area contributed by atoms with E-state index in [4.69, 9.17) is 0 Å². The normalized spacial score (nSPS) is 11.2. The van der Waals surface area contributed by atoms with Gasteiger partial charge < -0.3 is 10.3 Å². The number of pyridine rings is 3. The van der Waals surface area contributed by atoms with Crippen LogP contribution < -0.4 is 5.32 Å². The molecular formula is C31H21FN8O. The Bertz CT molecular complexity index is 2040. The summed E-state index contributed by atoms with van der Waals surface area (Å²) >= 11 is 0. The molecule has 41 heavy (non-hydrogen) atoms. The van der Waals surface area contributed by atoms with E-state index < -0.39 is 5.82 Å². The maximum Gasteiger partial charge on any atom is 0.228 e. The van der Waals surface area contributed by atoms with Gasteiger partial charge in [0.05, 0.1) is 34.7 Å². The number of amides is 1. The average molecular weight is 541 g/mol. The minimum atomic E-state index is -0.485. The molecule has 0 atom stereocenters. The van der Waals surface area contributed by atoms with Gasteiger partial charge in [0.2, 0.25) is 5.91 Å². The quantitative estimate of drug-likeness (QED) is 0.240. The van der Waals surface area contributed by atoms with Crippen molar-refractivity contribution in [3.05, 3.63) is 109 Å². The van der Waals surface area contributed by atoms with E-state index in [1.807, 2.05) is 48.5 Å². The van der Waals surface area contributed by atoms with E-state index in [1.165, 1.54) is 6.20 Å². The molecule has 3 N–H and O–H groups in total. The highest BCUT2D eigenvalue weighted by Crippen LogP contribution is 2.35. The largest absolute Gasteiger partial charge is 0.335 e. The van der Waals surface area contributed by atoms with Gasteiger partial charge in [-0.25, -0.2) is 14.4 Å². The first kappa shape index (κ1) is 24.3. The zero-order valence-corrected chi connectivity index (χ0v) is 21.5. The molecule has 0 saturated heterocycles. The molecule has 0 fully saturated rings. The van der Waals surface area contributed by atoms with Crippen molar-refractivity contribution in [2.45, 2.75) is 6.42 Å². The molecule has 5 heterocycles. The molecule has 198 valence electrons. The third-order valence-electron chi connectivity index (χ3n) is 6.80. The minimum Gasteiger partial charge on any atom is -0.335 e. The van der Waals surface area contributed by atoms with Crippen LogP contribution >= 0.6 is 0 Å². The highest BCUT2D eigenvalue weighted by molar-refractivity contribution is 5.98. The zero-order valence-electron chi connectivity index (χ0n) is 21.5. The molecule has 0 aliphatic heterocycles. The number of imidazole rings is 1. The van der Waals surface area contributed by atoms with Gasteiger partial charge in [-0.2, -0.15) is 5.10 Å². The standard InChI is InChI=1S/C31H21FN8O/c32-27-22(20-14-21(17-34-16-20)36-25(41)13-18-5-2-1-3-6-18)8-9-24-26(27)29(40-39-24)31-37-28-23(10-12-35-30(28)38-31)19-7-4-11-33-15-19/h1-12,14-17H,13H2,(H,36,41)(H,39,40)(H,35,37,38). The van der Waals surface area contributed by atoms with Crippen molar-refractivity contribution in [3.8, 4) is 33.8 Å². The van der Waals surface area contributed by atoms with E-state index in [1.54, 1.807) is 43.0 Å². The van der Waals surface area contributed by atoms with E-state index in [0.29, 0.717) is 45.0 Å². The average Bonchev–Trinajstić information content (AvgIpc) is 3.63. The fourth-order valence-electron chi connectivity index (χ4n) is 4.89. The summed E-state index contributed by atoms with van der Waals surface area (Å²) in [5.74, 6) is -0.291. The summed E-state index contributed by atoms with van der Waals surface area (Å²) in [6.07, 6.45) is 8.46. The van der Waals surface area contributed by atoms with Gasteiger partial charge in [0, 0.05) is 47.0 Å². The number of nitrogens with zero attached hydrogens (tertiary/aromatic N) is 5. The van der Waals surface area contributed by atoms with Crippen molar-refractivity contribution in [1.29, 1.82) is 0 Å². The molecule has 7 rings (SSSR count). The molecular weight excluding hydrogens is 519 g/mol. The molecule has 10 heteroatoms. The third kappa shape index (κ3) is 4.57. The number of anilines is 1. The number of benzene rings is 2. The molecule has 1 amide bonds. The molecule has 0 unspecified atom stereocenters. The van der Waals surface area contributed by atoms with Crippen LogP contribution in [0.4, 0.5) is 10.1 Å². The Morgan fingerprint density at radius 3 is 2.61 bits per heavy atom. The summed E-state index contributed by atoms with van der Waals surface area (Å²) in [7, 11) is 0. The second kappa shape index (κ2) is 10.1.